The molecule has 1 aliphatic rings. The quantitative estimate of drug-likeness (QED) is 0.568. The van der Waals surface area contributed by atoms with Crippen molar-refractivity contribution in [1.29, 1.82) is 0 Å². The van der Waals surface area contributed by atoms with Gasteiger partial charge in [0.25, 0.3) is 0 Å². The minimum atomic E-state index is -3.96. The van der Waals surface area contributed by atoms with E-state index in [1.165, 1.54) is 72.2 Å². The second-order valence-corrected chi connectivity index (χ2v) is 9.51. The topological polar surface area (TPSA) is 128 Å². The number of amides is 4. The number of urea groups is 1. The maximum absolute atomic E-state index is 13.0. The lowest BCUT2D eigenvalue weighted by Crippen LogP contribution is -2.55. The third-order valence-corrected chi connectivity index (χ3v) is 6.72. The number of hydrogen-bond donors (Lipinski definition) is 3. The van der Waals surface area contributed by atoms with Gasteiger partial charge in [-0.1, -0.05) is 0 Å². The molecule has 2 aromatic carbocycles. The van der Waals surface area contributed by atoms with E-state index in [4.69, 9.17) is 0 Å². The van der Waals surface area contributed by atoms with Crippen molar-refractivity contribution in [3.05, 3.63) is 54.3 Å². The Hall–Kier alpha value is -3.51. The van der Waals surface area contributed by atoms with E-state index in [1.807, 2.05) is 0 Å². The summed E-state index contributed by atoms with van der Waals surface area (Å²) in [6, 6.07) is 9.60. The maximum Gasteiger partial charge on any atom is 0.321 e. The van der Waals surface area contributed by atoms with Crippen molar-refractivity contribution < 1.29 is 27.2 Å². The molecule has 0 bridgehead atoms. The number of anilines is 2. The monoisotopic (exact) mass is 491 g/mol. The van der Waals surface area contributed by atoms with Crippen molar-refractivity contribution in [3.63, 3.8) is 0 Å². The van der Waals surface area contributed by atoms with Gasteiger partial charge in [0.15, 0.2) is 0 Å². The Morgan fingerprint density at radius 3 is 1.91 bits per heavy atom. The molecule has 12 heteroatoms. The van der Waals surface area contributed by atoms with Gasteiger partial charge in [0.05, 0.1) is 10.9 Å². The van der Waals surface area contributed by atoms with Crippen molar-refractivity contribution in [2.45, 2.75) is 24.8 Å². The van der Waals surface area contributed by atoms with Crippen LogP contribution >= 0.6 is 0 Å². The lowest BCUT2D eigenvalue weighted by molar-refractivity contribution is -0.134. The number of nitrogens with one attached hydrogen (secondary N) is 3. The summed E-state index contributed by atoms with van der Waals surface area (Å²) in [5, 5.41) is 5.22. The normalized spacial score (nSPS) is 14.9. The number of sulfonamides is 1. The number of benzene rings is 2. The number of hydrogen-bond acceptors (Lipinski definition) is 5. The van der Waals surface area contributed by atoms with E-state index in [0.29, 0.717) is 11.4 Å². The van der Waals surface area contributed by atoms with E-state index >= 15 is 0 Å². The summed E-state index contributed by atoms with van der Waals surface area (Å²) >= 11 is 0. The van der Waals surface area contributed by atoms with Crippen LogP contribution in [0.4, 0.5) is 20.6 Å². The molecule has 1 saturated heterocycles. The summed E-state index contributed by atoms with van der Waals surface area (Å²) in [5.74, 6) is -1.09. The molecule has 1 atom stereocenters. The van der Waals surface area contributed by atoms with Gasteiger partial charge in [-0.05, 0) is 55.5 Å². The Labute approximate surface area is 197 Å². The van der Waals surface area contributed by atoms with Crippen LogP contribution in [0.1, 0.15) is 13.8 Å². The first-order valence-electron chi connectivity index (χ1n) is 10.6. The van der Waals surface area contributed by atoms with Crippen LogP contribution in [0.3, 0.4) is 0 Å². The number of nitrogens with zero attached hydrogens (tertiary/aromatic N) is 2. The van der Waals surface area contributed by atoms with E-state index < -0.39 is 27.8 Å². The second kappa shape index (κ2) is 10.6. The van der Waals surface area contributed by atoms with Crippen molar-refractivity contribution in [1.82, 2.24) is 14.5 Å². The molecule has 3 rings (SSSR count). The summed E-state index contributed by atoms with van der Waals surface area (Å²) in [4.78, 5) is 39.3. The molecule has 10 nitrogen and oxygen atoms in total. The summed E-state index contributed by atoms with van der Waals surface area (Å²) in [7, 11) is -3.96. The van der Waals surface area contributed by atoms with Gasteiger partial charge in [0.2, 0.25) is 21.8 Å². The standard InChI is InChI=1S/C22H26FN5O5S/c1-15(26-34(32,33)20-9-7-18(8-10-20)24-16(2)29)21(30)27-11-13-28(14-12-27)22(31)25-19-5-3-17(23)4-6-19/h3-10,15,26H,11-14H2,1-2H3,(H,24,29)(H,25,31)/t15-/m0/s1. The van der Waals surface area contributed by atoms with Crippen LogP contribution in [0.25, 0.3) is 0 Å². The summed E-state index contributed by atoms with van der Waals surface area (Å²) < 4.78 is 40.7. The zero-order valence-corrected chi connectivity index (χ0v) is 19.6. The van der Waals surface area contributed by atoms with Crippen LogP contribution in [0.15, 0.2) is 53.4 Å². The number of carbonyl (C=O) groups is 3. The fourth-order valence-corrected chi connectivity index (χ4v) is 4.61. The van der Waals surface area contributed by atoms with Gasteiger partial charge in [-0.2, -0.15) is 4.72 Å². The minimum absolute atomic E-state index is 0.0384. The van der Waals surface area contributed by atoms with Crippen molar-refractivity contribution >= 4 is 39.2 Å². The lowest BCUT2D eigenvalue weighted by Gasteiger charge is -2.36. The molecule has 182 valence electrons. The number of piperazine rings is 1. The van der Waals surface area contributed by atoms with E-state index in [2.05, 4.69) is 15.4 Å². The highest BCUT2D eigenvalue weighted by molar-refractivity contribution is 7.89. The van der Waals surface area contributed by atoms with Gasteiger partial charge in [-0.3, -0.25) is 9.59 Å². The zero-order chi connectivity index (χ0) is 24.9. The number of rotatable bonds is 6. The lowest BCUT2D eigenvalue weighted by atomic mass is 10.2. The average molecular weight is 492 g/mol. The molecular weight excluding hydrogens is 465 g/mol. The SMILES string of the molecule is CC(=O)Nc1ccc(S(=O)(=O)N[C@@H](C)C(=O)N2CCN(C(=O)Nc3ccc(F)cc3)CC2)cc1. The zero-order valence-electron chi connectivity index (χ0n) is 18.7. The molecule has 4 amide bonds. The Balaban J connectivity index is 1.52. The molecule has 1 fully saturated rings. The van der Waals surface area contributed by atoms with Gasteiger partial charge in [0.1, 0.15) is 5.82 Å². The first kappa shape index (κ1) is 25.1. The Kier molecular flexibility index (Phi) is 7.84. The molecule has 2 aromatic rings. The fraction of sp³-hybridized carbons (Fsp3) is 0.318. The molecule has 3 N–H and O–H groups in total. The number of halogens is 1. The first-order valence-corrected chi connectivity index (χ1v) is 12.0. The van der Waals surface area contributed by atoms with E-state index in [0.717, 1.165) is 0 Å². The van der Waals surface area contributed by atoms with Crippen molar-refractivity contribution in [2.75, 3.05) is 36.8 Å². The predicted molar refractivity (Wildman–Crippen MR) is 124 cm³/mol. The van der Waals surface area contributed by atoms with Gasteiger partial charge in [0, 0.05) is 44.5 Å². The van der Waals surface area contributed by atoms with Crippen LogP contribution in [0.5, 0.6) is 0 Å². The largest absolute Gasteiger partial charge is 0.338 e. The van der Waals surface area contributed by atoms with Gasteiger partial charge >= 0.3 is 6.03 Å². The molecule has 0 unspecified atom stereocenters. The van der Waals surface area contributed by atoms with Gasteiger partial charge < -0.3 is 20.4 Å². The van der Waals surface area contributed by atoms with Gasteiger partial charge in [-0.25, -0.2) is 17.6 Å². The van der Waals surface area contributed by atoms with Crippen LogP contribution in [-0.4, -0.2) is 68.3 Å². The summed E-state index contributed by atoms with van der Waals surface area (Å²) in [6.07, 6.45) is 0. The summed E-state index contributed by atoms with van der Waals surface area (Å²) in [6.45, 7) is 3.82. The number of carbonyl (C=O) groups excluding carboxylic acids is 3. The average Bonchev–Trinajstić information content (AvgIpc) is 2.80. The highest BCUT2D eigenvalue weighted by Gasteiger charge is 2.29. The fourth-order valence-electron chi connectivity index (χ4n) is 3.41. The molecule has 0 spiro atoms. The van der Waals surface area contributed by atoms with Crippen LogP contribution in [0, 0.1) is 5.82 Å². The van der Waals surface area contributed by atoms with E-state index in [1.54, 1.807) is 0 Å². The van der Waals surface area contributed by atoms with Crippen LogP contribution in [0.2, 0.25) is 0 Å². The highest BCUT2D eigenvalue weighted by atomic mass is 32.2. The highest BCUT2D eigenvalue weighted by Crippen LogP contribution is 2.15. The Bertz CT molecular complexity index is 1150. The maximum atomic E-state index is 13.0. The van der Waals surface area contributed by atoms with Crippen LogP contribution in [-0.2, 0) is 19.6 Å². The third-order valence-electron chi connectivity index (χ3n) is 5.16. The smallest absolute Gasteiger partial charge is 0.321 e. The predicted octanol–water partition coefficient (Wildman–Crippen LogP) is 1.83. The van der Waals surface area contributed by atoms with Crippen molar-refractivity contribution in [3.8, 4) is 0 Å². The molecular formula is C22H26FN5O5S. The molecule has 1 aliphatic heterocycles. The molecule has 1 heterocycles. The molecule has 0 aliphatic carbocycles. The Morgan fingerprint density at radius 1 is 0.853 bits per heavy atom. The first-order chi connectivity index (χ1) is 16.0. The van der Waals surface area contributed by atoms with Crippen molar-refractivity contribution in [2.24, 2.45) is 0 Å². The third kappa shape index (κ3) is 6.51. The van der Waals surface area contributed by atoms with E-state index in [9.17, 15) is 27.2 Å². The molecule has 0 radical (unpaired) electrons. The second-order valence-electron chi connectivity index (χ2n) is 7.80. The van der Waals surface area contributed by atoms with Crippen LogP contribution < -0.4 is 15.4 Å². The van der Waals surface area contributed by atoms with Gasteiger partial charge in [-0.15, -0.1) is 0 Å². The minimum Gasteiger partial charge on any atom is -0.338 e. The molecule has 0 saturated carbocycles. The Morgan fingerprint density at radius 2 is 1.35 bits per heavy atom. The molecule has 34 heavy (non-hydrogen) atoms. The molecule has 0 aromatic heterocycles. The van der Waals surface area contributed by atoms with E-state index in [-0.39, 0.29) is 43.0 Å². The summed E-state index contributed by atoms with van der Waals surface area (Å²) in [5.41, 5.74) is 0.912.